The number of β-amino-alcohol motifs (C(OH)–C–C–N with tert-alkyl or cyclic N) is 2. The molecule has 1 heterocycles. The van der Waals surface area contributed by atoms with Crippen LogP contribution in [0.5, 0.6) is 0 Å². The first kappa shape index (κ1) is 12.3. The van der Waals surface area contributed by atoms with Crippen LogP contribution in [0.3, 0.4) is 0 Å². The Morgan fingerprint density at radius 1 is 1.31 bits per heavy atom. The first-order chi connectivity index (χ1) is 7.61. The Kier molecular flexibility index (Phi) is 3.88. The number of aliphatic hydroxyl groups is 2. The van der Waals surface area contributed by atoms with Gasteiger partial charge in [-0.2, -0.15) is 0 Å². The predicted molar refractivity (Wildman–Crippen MR) is 64.3 cm³/mol. The topological polar surface area (TPSA) is 43.7 Å². The molecular formula is C13H25NO2. The van der Waals surface area contributed by atoms with Gasteiger partial charge < -0.3 is 10.2 Å². The molecule has 1 aliphatic carbocycles. The Labute approximate surface area is 98.5 Å². The highest BCUT2D eigenvalue weighted by molar-refractivity contribution is 4.95. The highest BCUT2D eigenvalue weighted by Gasteiger charge is 2.39. The molecule has 1 saturated heterocycles. The van der Waals surface area contributed by atoms with Crippen LogP contribution in [0, 0.1) is 5.92 Å². The number of rotatable bonds is 5. The molecule has 2 N–H and O–H groups in total. The number of nitrogens with zero attached hydrogens (tertiary/aromatic N) is 1. The van der Waals surface area contributed by atoms with Gasteiger partial charge in [-0.15, -0.1) is 0 Å². The summed E-state index contributed by atoms with van der Waals surface area (Å²) >= 11 is 0. The summed E-state index contributed by atoms with van der Waals surface area (Å²) in [6.07, 6.45) is 6.88. The maximum Gasteiger partial charge on any atom is 0.0897 e. The average molecular weight is 227 g/mol. The Balaban J connectivity index is 1.63. The van der Waals surface area contributed by atoms with E-state index in [1.807, 2.05) is 6.92 Å². The van der Waals surface area contributed by atoms with E-state index in [4.69, 9.17) is 0 Å². The highest BCUT2D eigenvalue weighted by atomic mass is 16.3. The molecular weight excluding hydrogens is 202 g/mol. The molecule has 1 unspecified atom stereocenters. The van der Waals surface area contributed by atoms with Crippen LogP contribution < -0.4 is 0 Å². The summed E-state index contributed by atoms with van der Waals surface area (Å²) in [6.45, 7) is 4.25. The largest absolute Gasteiger partial charge is 0.392 e. The van der Waals surface area contributed by atoms with Crippen molar-refractivity contribution >= 4 is 0 Å². The molecule has 16 heavy (non-hydrogen) atoms. The first-order valence-corrected chi connectivity index (χ1v) is 6.74. The van der Waals surface area contributed by atoms with Crippen LogP contribution >= 0.6 is 0 Å². The fourth-order valence-electron chi connectivity index (χ4n) is 3.14. The van der Waals surface area contributed by atoms with Crippen LogP contribution in [-0.2, 0) is 0 Å². The molecule has 0 spiro atoms. The van der Waals surface area contributed by atoms with Crippen molar-refractivity contribution in [3.05, 3.63) is 0 Å². The van der Waals surface area contributed by atoms with Gasteiger partial charge in [0.1, 0.15) is 0 Å². The molecule has 3 nitrogen and oxygen atoms in total. The van der Waals surface area contributed by atoms with Crippen LogP contribution in [0.4, 0.5) is 0 Å². The van der Waals surface area contributed by atoms with Gasteiger partial charge in [0.2, 0.25) is 0 Å². The number of aliphatic hydroxyl groups excluding tert-OH is 1. The van der Waals surface area contributed by atoms with Crippen LogP contribution in [0.15, 0.2) is 0 Å². The smallest absolute Gasteiger partial charge is 0.0897 e. The monoisotopic (exact) mass is 227 g/mol. The lowest BCUT2D eigenvalue weighted by Crippen LogP contribution is -2.62. The molecule has 3 heteroatoms. The molecule has 0 amide bonds. The highest BCUT2D eigenvalue weighted by Crippen LogP contribution is 2.30. The third-order valence-electron chi connectivity index (χ3n) is 4.24. The molecule has 0 bridgehead atoms. The molecule has 1 saturated carbocycles. The van der Waals surface area contributed by atoms with E-state index < -0.39 is 5.60 Å². The van der Waals surface area contributed by atoms with Crippen molar-refractivity contribution in [2.45, 2.75) is 57.2 Å². The van der Waals surface area contributed by atoms with Gasteiger partial charge in [-0.25, -0.2) is 0 Å². The summed E-state index contributed by atoms with van der Waals surface area (Å²) in [5.41, 5.74) is -0.465. The van der Waals surface area contributed by atoms with Crippen LogP contribution in [0.2, 0.25) is 0 Å². The number of hydrogen-bond acceptors (Lipinski definition) is 3. The molecule has 2 rings (SSSR count). The second-order valence-electron chi connectivity index (χ2n) is 5.79. The Morgan fingerprint density at radius 3 is 2.50 bits per heavy atom. The molecule has 0 radical (unpaired) electrons. The predicted octanol–water partition coefficient (Wildman–Crippen LogP) is 1.38. The van der Waals surface area contributed by atoms with E-state index in [1.165, 1.54) is 25.7 Å². The van der Waals surface area contributed by atoms with Gasteiger partial charge in [0, 0.05) is 19.6 Å². The van der Waals surface area contributed by atoms with E-state index in [9.17, 15) is 10.2 Å². The van der Waals surface area contributed by atoms with Gasteiger partial charge in [-0.1, -0.05) is 32.6 Å². The minimum absolute atomic E-state index is 0.190. The molecule has 2 fully saturated rings. The van der Waals surface area contributed by atoms with Gasteiger partial charge in [0.05, 0.1) is 11.7 Å². The Bertz CT molecular complexity index is 220. The summed E-state index contributed by atoms with van der Waals surface area (Å²) < 4.78 is 0. The minimum Gasteiger partial charge on any atom is -0.392 e. The van der Waals surface area contributed by atoms with E-state index >= 15 is 0 Å². The van der Waals surface area contributed by atoms with Gasteiger partial charge in [-0.05, 0) is 18.8 Å². The van der Waals surface area contributed by atoms with Gasteiger partial charge >= 0.3 is 0 Å². The number of likely N-dealkylation sites (tertiary alicyclic amines) is 1. The van der Waals surface area contributed by atoms with Crippen LogP contribution in [-0.4, -0.2) is 46.5 Å². The van der Waals surface area contributed by atoms with Crippen LogP contribution in [0.25, 0.3) is 0 Å². The van der Waals surface area contributed by atoms with Gasteiger partial charge in [0.25, 0.3) is 0 Å². The third kappa shape index (κ3) is 2.96. The van der Waals surface area contributed by atoms with E-state index in [0.717, 1.165) is 38.4 Å². The average Bonchev–Trinajstić information content (AvgIpc) is 2.67. The SMILES string of the molecule is CCC1(O)CN(CC(O)CC2CCCC2)C1. The maximum atomic E-state index is 9.96. The standard InChI is InChI=1S/C13H25NO2/c1-2-13(16)9-14(10-13)8-12(15)7-11-5-3-4-6-11/h11-12,15-16H,2-10H2,1H3. The minimum atomic E-state index is -0.465. The van der Waals surface area contributed by atoms with Crippen molar-refractivity contribution in [1.29, 1.82) is 0 Å². The van der Waals surface area contributed by atoms with Crippen molar-refractivity contribution in [2.24, 2.45) is 5.92 Å². The summed E-state index contributed by atoms with van der Waals surface area (Å²) in [6, 6.07) is 0. The lowest BCUT2D eigenvalue weighted by molar-refractivity contribution is -0.111. The van der Waals surface area contributed by atoms with Crippen molar-refractivity contribution in [1.82, 2.24) is 4.90 Å². The van der Waals surface area contributed by atoms with Crippen molar-refractivity contribution in [2.75, 3.05) is 19.6 Å². The van der Waals surface area contributed by atoms with Crippen molar-refractivity contribution in [3.8, 4) is 0 Å². The zero-order chi connectivity index (χ0) is 11.6. The third-order valence-corrected chi connectivity index (χ3v) is 4.24. The summed E-state index contributed by atoms with van der Waals surface area (Å²) in [4.78, 5) is 2.17. The summed E-state index contributed by atoms with van der Waals surface area (Å²) in [7, 11) is 0. The molecule has 1 aliphatic heterocycles. The molecule has 0 aromatic heterocycles. The van der Waals surface area contributed by atoms with Crippen molar-refractivity contribution < 1.29 is 10.2 Å². The Hall–Kier alpha value is -0.120. The zero-order valence-corrected chi connectivity index (χ0v) is 10.4. The maximum absolute atomic E-state index is 9.96. The molecule has 1 atom stereocenters. The van der Waals surface area contributed by atoms with Gasteiger partial charge in [0.15, 0.2) is 0 Å². The van der Waals surface area contributed by atoms with E-state index in [0.29, 0.717) is 0 Å². The first-order valence-electron chi connectivity index (χ1n) is 6.74. The second kappa shape index (κ2) is 5.03. The lowest BCUT2D eigenvalue weighted by atomic mass is 9.90. The van der Waals surface area contributed by atoms with Gasteiger partial charge in [-0.3, -0.25) is 4.90 Å². The molecule has 0 aromatic carbocycles. The molecule has 2 aliphatic rings. The zero-order valence-electron chi connectivity index (χ0n) is 10.4. The van der Waals surface area contributed by atoms with Crippen molar-refractivity contribution in [3.63, 3.8) is 0 Å². The fourth-order valence-corrected chi connectivity index (χ4v) is 3.14. The summed E-state index contributed by atoms with van der Waals surface area (Å²) in [5.74, 6) is 0.751. The summed E-state index contributed by atoms with van der Waals surface area (Å²) in [5, 5.41) is 19.8. The normalized spacial score (nSPS) is 27.9. The second-order valence-corrected chi connectivity index (χ2v) is 5.79. The van der Waals surface area contributed by atoms with E-state index in [-0.39, 0.29) is 6.10 Å². The Morgan fingerprint density at radius 2 is 1.94 bits per heavy atom. The lowest BCUT2D eigenvalue weighted by Gasteiger charge is -2.47. The number of hydrogen-bond donors (Lipinski definition) is 2. The van der Waals surface area contributed by atoms with Crippen LogP contribution in [0.1, 0.15) is 45.4 Å². The van der Waals surface area contributed by atoms with E-state index in [2.05, 4.69) is 4.90 Å². The fraction of sp³-hybridized carbons (Fsp3) is 1.00. The quantitative estimate of drug-likeness (QED) is 0.746. The van der Waals surface area contributed by atoms with E-state index in [1.54, 1.807) is 0 Å². The molecule has 94 valence electrons. The molecule has 0 aromatic rings.